The van der Waals surface area contributed by atoms with Crippen LogP contribution in [0.4, 0.5) is 10.5 Å². The third kappa shape index (κ3) is 6.59. The zero-order valence-electron chi connectivity index (χ0n) is 16.1. The zero-order valence-corrected chi connectivity index (χ0v) is 16.1. The van der Waals surface area contributed by atoms with Crippen molar-refractivity contribution in [3.05, 3.63) is 42.0 Å². The maximum Gasteiger partial charge on any atom is 0.408 e. The molecule has 0 saturated carbocycles. The van der Waals surface area contributed by atoms with Crippen molar-refractivity contribution < 1.29 is 39.6 Å². The van der Waals surface area contributed by atoms with Gasteiger partial charge < -0.3 is 25.1 Å². The standard InChI is InChI=1S/C18H23N3O8/c1-18(2,3)27-17(25)19-13(10-11-4-6-12(7-5-11)20-29-26)16(24)28-21-14(22)8-9-15(21)23/h4-9,13,20,22-23,26H,10H2,1-3H3,(H,19,25). The molecule has 5 N–H and O–H groups in total. The number of amides is 1. The van der Waals surface area contributed by atoms with E-state index in [-0.39, 0.29) is 6.42 Å². The molecule has 29 heavy (non-hydrogen) atoms. The topological polar surface area (TPSA) is 152 Å². The number of ether oxygens (including phenoxy) is 1. The molecular formula is C18H23N3O8. The third-order valence-corrected chi connectivity index (χ3v) is 3.51. The molecule has 0 aliphatic heterocycles. The zero-order chi connectivity index (χ0) is 21.6. The van der Waals surface area contributed by atoms with Crippen molar-refractivity contribution in [2.45, 2.75) is 38.8 Å². The highest BCUT2D eigenvalue weighted by molar-refractivity contribution is 5.82. The summed E-state index contributed by atoms with van der Waals surface area (Å²) in [5.41, 5.74) is 2.53. The number of hydrogen-bond acceptors (Lipinski definition) is 9. The van der Waals surface area contributed by atoms with E-state index in [9.17, 15) is 19.8 Å². The van der Waals surface area contributed by atoms with Crippen LogP contribution in [0.5, 0.6) is 11.8 Å². The molecule has 0 radical (unpaired) electrons. The lowest BCUT2D eigenvalue weighted by molar-refractivity contribution is -0.215. The van der Waals surface area contributed by atoms with Gasteiger partial charge in [-0.25, -0.2) is 20.3 Å². The Morgan fingerprint density at radius 1 is 1.07 bits per heavy atom. The van der Waals surface area contributed by atoms with Gasteiger partial charge in [-0.15, -0.1) is 9.72 Å². The van der Waals surface area contributed by atoms with Gasteiger partial charge in [0.15, 0.2) is 0 Å². The van der Waals surface area contributed by atoms with Crippen molar-refractivity contribution >= 4 is 17.7 Å². The minimum atomic E-state index is -1.20. The van der Waals surface area contributed by atoms with Gasteiger partial charge >= 0.3 is 12.1 Å². The van der Waals surface area contributed by atoms with Gasteiger partial charge in [-0.1, -0.05) is 12.1 Å². The molecule has 0 fully saturated rings. The predicted molar refractivity (Wildman–Crippen MR) is 100.0 cm³/mol. The monoisotopic (exact) mass is 409 g/mol. The minimum Gasteiger partial charge on any atom is -0.492 e. The number of carbonyl (C=O) groups excluding carboxylic acids is 2. The van der Waals surface area contributed by atoms with Crippen LogP contribution in [-0.4, -0.2) is 43.9 Å². The smallest absolute Gasteiger partial charge is 0.408 e. The lowest BCUT2D eigenvalue weighted by atomic mass is 10.1. The summed E-state index contributed by atoms with van der Waals surface area (Å²) in [5.74, 6) is -1.93. The average Bonchev–Trinajstić information content (AvgIpc) is 2.93. The molecule has 0 aliphatic carbocycles. The van der Waals surface area contributed by atoms with E-state index in [0.29, 0.717) is 16.0 Å². The van der Waals surface area contributed by atoms with E-state index < -0.39 is 35.5 Å². The first-order chi connectivity index (χ1) is 13.6. The largest absolute Gasteiger partial charge is 0.492 e. The van der Waals surface area contributed by atoms with Gasteiger partial charge in [-0.3, -0.25) is 0 Å². The summed E-state index contributed by atoms with van der Waals surface area (Å²) in [6.45, 7) is 5.01. The highest BCUT2D eigenvalue weighted by atomic mass is 17.2. The Balaban J connectivity index is 2.17. The number of benzene rings is 1. The van der Waals surface area contributed by atoms with E-state index in [2.05, 4.69) is 15.8 Å². The molecule has 0 spiro atoms. The van der Waals surface area contributed by atoms with Crippen LogP contribution in [-0.2, 0) is 20.9 Å². The number of carbonyl (C=O) groups is 2. The maximum absolute atomic E-state index is 12.6. The summed E-state index contributed by atoms with van der Waals surface area (Å²) in [7, 11) is 0. The first-order valence-corrected chi connectivity index (χ1v) is 8.56. The maximum atomic E-state index is 12.6. The van der Waals surface area contributed by atoms with Crippen LogP contribution in [0.3, 0.4) is 0 Å². The number of nitrogens with one attached hydrogen (secondary N) is 2. The molecule has 1 heterocycles. The lowest BCUT2D eigenvalue weighted by Gasteiger charge is -2.23. The fourth-order valence-corrected chi connectivity index (χ4v) is 2.29. The SMILES string of the molecule is CC(C)(C)OC(=O)NC(Cc1ccc(NOO)cc1)C(=O)On1c(O)ccc1O. The van der Waals surface area contributed by atoms with E-state index in [0.717, 1.165) is 12.1 Å². The third-order valence-electron chi connectivity index (χ3n) is 3.51. The van der Waals surface area contributed by atoms with Crippen LogP contribution in [0, 0.1) is 0 Å². The minimum absolute atomic E-state index is 0.0150. The van der Waals surface area contributed by atoms with Crippen LogP contribution in [0.15, 0.2) is 36.4 Å². The second-order valence-corrected chi connectivity index (χ2v) is 7.05. The first kappa shape index (κ1) is 21.9. The molecule has 2 aromatic rings. The van der Waals surface area contributed by atoms with Gasteiger partial charge in [0.25, 0.3) is 0 Å². The number of nitrogens with zero attached hydrogens (tertiary/aromatic N) is 1. The van der Waals surface area contributed by atoms with Crippen molar-refractivity contribution in [2.75, 3.05) is 5.48 Å². The Morgan fingerprint density at radius 2 is 1.66 bits per heavy atom. The summed E-state index contributed by atoms with van der Waals surface area (Å²) in [6, 6.07) is 7.48. The van der Waals surface area contributed by atoms with E-state index in [1.54, 1.807) is 45.0 Å². The first-order valence-electron chi connectivity index (χ1n) is 8.56. The van der Waals surface area contributed by atoms with Gasteiger partial charge in [-0.05, 0) is 38.5 Å². The second-order valence-electron chi connectivity index (χ2n) is 7.05. The average molecular weight is 409 g/mol. The van der Waals surface area contributed by atoms with Gasteiger partial charge in [-0.2, -0.15) is 0 Å². The van der Waals surface area contributed by atoms with Crippen molar-refractivity contribution in [2.24, 2.45) is 0 Å². The predicted octanol–water partition coefficient (Wildman–Crippen LogP) is 1.81. The normalized spacial score (nSPS) is 12.1. The highest BCUT2D eigenvalue weighted by Crippen LogP contribution is 2.19. The van der Waals surface area contributed by atoms with E-state index in [1.165, 1.54) is 0 Å². The summed E-state index contributed by atoms with van der Waals surface area (Å²) in [4.78, 5) is 33.5. The second kappa shape index (κ2) is 9.17. The molecule has 158 valence electrons. The number of hydrogen-bond donors (Lipinski definition) is 5. The highest BCUT2D eigenvalue weighted by Gasteiger charge is 2.27. The number of aromatic hydroxyl groups is 2. The van der Waals surface area contributed by atoms with Gasteiger partial charge in [0.05, 0.1) is 5.69 Å². The Labute approximate surface area is 166 Å². The molecule has 1 aromatic carbocycles. The molecule has 11 heteroatoms. The van der Waals surface area contributed by atoms with Crippen molar-refractivity contribution in [1.29, 1.82) is 0 Å². The summed E-state index contributed by atoms with van der Waals surface area (Å²) in [5, 5.41) is 30.1. The number of anilines is 1. The molecule has 0 saturated heterocycles. The van der Waals surface area contributed by atoms with Crippen LogP contribution in [0.25, 0.3) is 0 Å². The fraction of sp³-hybridized carbons (Fsp3) is 0.333. The molecule has 1 aromatic heterocycles. The van der Waals surface area contributed by atoms with E-state index in [1.807, 2.05) is 0 Å². The lowest BCUT2D eigenvalue weighted by Crippen LogP contribution is -2.47. The Kier molecular flexibility index (Phi) is 6.91. The van der Waals surface area contributed by atoms with Crippen LogP contribution in [0.1, 0.15) is 26.3 Å². The molecule has 1 amide bonds. The molecule has 1 atom stereocenters. The van der Waals surface area contributed by atoms with Crippen LogP contribution >= 0.6 is 0 Å². The molecule has 1 unspecified atom stereocenters. The van der Waals surface area contributed by atoms with Gasteiger partial charge in [0.2, 0.25) is 11.8 Å². The summed E-state index contributed by atoms with van der Waals surface area (Å²) in [6.07, 6.45) is -0.825. The van der Waals surface area contributed by atoms with Crippen molar-refractivity contribution in [1.82, 2.24) is 10.0 Å². The number of rotatable bonds is 7. The summed E-state index contributed by atoms with van der Waals surface area (Å²) >= 11 is 0. The molecule has 0 aliphatic rings. The van der Waals surface area contributed by atoms with Gasteiger partial charge in [0.1, 0.15) is 11.6 Å². The molecule has 2 rings (SSSR count). The molecule has 0 bridgehead atoms. The number of alkyl carbamates (subject to hydrolysis) is 1. The fourth-order valence-electron chi connectivity index (χ4n) is 2.29. The molecule has 11 nitrogen and oxygen atoms in total. The quantitative estimate of drug-likeness (QED) is 0.340. The van der Waals surface area contributed by atoms with Crippen molar-refractivity contribution in [3.8, 4) is 11.8 Å². The number of aromatic nitrogens is 1. The van der Waals surface area contributed by atoms with Crippen molar-refractivity contribution in [3.63, 3.8) is 0 Å². The van der Waals surface area contributed by atoms with E-state index in [4.69, 9.17) is 14.8 Å². The van der Waals surface area contributed by atoms with Gasteiger partial charge in [0, 0.05) is 18.6 Å². The van der Waals surface area contributed by atoms with E-state index >= 15 is 0 Å². The molecular weight excluding hydrogens is 386 g/mol. The Bertz CT molecular complexity index is 822. The Morgan fingerprint density at radius 3 is 2.17 bits per heavy atom. The summed E-state index contributed by atoms with van der Waals surface area (Å²) < 4.78 is 5.70. The Hall–Kier alpha value is -3.44. The van der Waals surface area contributed by atoms with Crippen LogP contribution in [0.2, 0.25) is 0 Å². The van der Waals surface area contributed by atoms with Crippen LogP contribution < -0.4 is 15.6 Å².